The molecule has 8 heteroatoms. The molecule has 1 aliphatic rings. The highest BCUT2D eigenvalue weighted by atomic mass is 32.1. The molecule has 2 rings (SSSR count). The van der Waals surface area contributed by atoms with Gasteiger partial charge < -0.3 is 10.6 Å². The summed E-state index contributed by atoms with van der Waals surface area (Å²) < 4.78 is 65.7. The first-order chi connectivity index (χ1) is 9.70. The van der Waals surface area contributed by atoms with Gasteiger partial charge in [-0.15, -0.1) is 0 Å². The topological polar surface area (TPSA) is 29.3 Å². The van der Waals surface area contributed by atoms with E-state index < -0.39 is 23.7 Å². The fraction of sp³-hybridized carbons (Fsp3) is 0.462. The molecule has 0 bridgehead atoms. The third kappa shape index (κ3) is 3.42. The van der Waals surface area contributed by atoms with Gasteiger partial charge in [0.15, 0.2) is 0 Å². The summed E-state index contributed by atoms with van der Waals surface area (Å²) in [4.78, 5) is 1.14. The monoisotopic (exact) mass is 324 g/mol. The first-order valence-electron chi connectivity index (χ1n) is 6.30. The van der Waals surface area contributed by atoms with E-state index in [9.17, 15) is 22.0 Å². The number of hydrogen-bond acceptors (Lipinski definition) is 2. The van der Waals surface area contributed by atoms with Crippen molar-refractivity contribution < 1.29 is 22.0 Å². The Morgan fingerprint density at radius 1 is 1.14 bits per heavy atom. The largest absolute Gasteiger partial charge is 0.391 e. The second-order valence-electron chi connectivity index (χ2n) is 4.96. The third-order valence-corrected chi connectivity index (χ3v) is 3.81. The molecule has 0 radical (unpaired) electrons. The molecule has 0 unspecified atom stereocenters. The number of nitrogens with zero attached hydrogens (tertiary/aromatic N) is 1. The molecule has 0 saturated carbocycles. The minimum absolute atomic E-state index is 0.0499. The lowest BCUT2D eigenvalue weighted by Crippen LogP contribution is -2.39. The number of nitrogens with two attached hydrogens (primary N) is 1. The van der Waals surface area contributed by atoms with Crippen molar-refractivity contribution in [1.82, 2.24) is 0 Å². The average Bonchev–Trinajstić information content (AvgIpc) is 2.37. The molecule has 116 valence electrons. The first kappa shape index (κ1) is 15.9. The maximum Gasteiger partial charge on any atom is 0.391 e. The van der Waals surface area contributed by atoms with E-state index in [1.807, 2.05) is 0 Å². The van der Waals surface area contributed by atoms with Crippen LogP contribution in [-0.4, -0.2) is 24.3 Å². The van der Waals surface area contributed by atoms with Crippen LogP contribution < -0.4 is 10.6 Å². The van der Waals surface area contributed by atoms with Gasteiger partial charge in [0.2, 0.25) is 0 Å². The van der Waals surface area contributed by atoms with E-state index in [0.29, 0.717) is 0 Å². The quantitative estimate of drug-likeness (QED) is 0.668. The van der Waals surface area contributed by atoms with E-state index in [0.717, 1.165) is 12.1 Å². The van der Waals surface area contributed by atoms with Crippen LogP contribution in [0.4, 0.5) is 27.6 Å². The highest BCUT2D eigenvalue weighted by molar-refractivity contribution is 7.80. The number of alkyl halides is 3. The van der Waals surface area contributed by atoms with E-state index in [4.69, 9.17) is 5.73 Å². The molecule has 0 spiro atoms. The van der Waals surface area contributed by atoms with E-state index in [1.165, 1.54) is 4.90 Å². The maximum atomic E-state index is 14.0. The van der Waals surface area contributed by atoms with Gasteiger partial charge in [-0.2, -0.15) is 13.2 Å². The van der Waals surface area contributed by atoms with Crippen LogP contribution >= 0.6 is 12.2 Å². The molecule has 21 heavy (non-hydrogen) atoms. The zero-order chi connectivity index (χ0) is 15.8. The molecule has 0 amide bonds. The molecule has 2 nitrogen and oxygen atoms in total. The Kier molecular flexibility index (Phi) is 4.36. The molecule has 1 aliphatic heterocycles. The van der Waals surface area contributed by atoms with Crippen LogP contribution in [0.25, 0.3) is 0 Å². The van der Waals surface area contributed by atoms with Gasteiger partial charge in [-0.1, -0.05) is 12.2 Å². The maximum absolute atomic E-state index is 14.0. The molecule has 1 fully saturated rings. The molecule has 2 N–H and O–H groups in total. The molecule has 0 aliphatic carbocycles. The fourth-order valence-electron chi connectivity index (χ4n) is 2.44. The van der Waals surface area contributed by atoms with Gasteiger partial charge in [0.1, 0.15) is 22.3 Å². The van der Waals surface area contributed by atoms with Gasteiger partial charge in [-0.05, 0) is 25.0 Å². The number of thiocarbonyl (C=S) groups is 1. The Balaban J connectivity index is 2.19. The number of anilines is 1. The highest BCUT2D eigenvalue weighted by Gasteiger charge is 2.41. The number of benzene rings is 1. The predicted molar refractivity (Wildman–Crippen MR) is 73.2 cm³/mol. The zero-order valence-electron chi connectivity index (χ0n) is 10.9. The molecule has 1 aromatic rings. The summed E-state index contributed by atoms with van der Waals surface area (Å²) in [6.45, 7) is -0.102. The SMILES string of the molecule is NC(=S)c1cc(F)c(N2CCC(C(F)(F)F)CC2)c(F)c1. The van der Waals surface area contributed by atoms with Crippen molar-refractivity contribution >= 4 is 22.9 Å². The standard InChI is InChI=1S/C13H13F5N2S/c14-9-5-7(12(19)21)6-10(15)11(9)20-3-1-8(2-4-20)13(16,17)18/h5-6,8H,1-4H2,(H2,19,21). The van der Waals surface area contributed by atoms with Crippen molar-refractivity contribution in [3.8, 4) is 0 Å². The summed E-state index contributed by atoms with van der Waals surface area (Å²) in [5.74, 6) is -3.16. The Morgan fingerprint density at radius 2 is 1.62 bits per heavy atom. The summed E-state index contributed by atoms with van der Waals surface area (Å²) >= 11 is 4.64. The first-order valence-corrected chi connectivity index (χ1v) is 6.71. The fourth-order valence-corrected chi connectivity index (χ4v) is 2.56. The van der Waals surface area contributed by atoms with Gasteiger partial charge in [0, 0.05) is 18.7 Å². The summed E-state index contributed by atoms with van der Waals surface area (Å²) in [7, 11) is 0. The normalized spacial score (nSPS) is 17.1. The lowest BCUT2D eigenvalue weighted by Gasteiger charge is -2.34. The van der Waals surface area contributed by atoms with Gasteiger partial charge in [0.05, 0.1) is 5.92 Å². The van der Waals surface area contributed by atoms with E-state index in [1.54, 1.807) is 0 Å². The number of halogens is 5. The predicted octanol–water partition coefficient (Wildman–Crippen LogP) is 3.38. The Morgan fingerprint density at radius 3 is 2.00 bits per heavy atom. The molecule has 1 heterocycles. The summed E-state index contributed by atoms with van der Waals surface area (Å²) in [6.07, 6.45) is -4.63. The average molecular weight is 324 g/mol. The number of hydrogen-bond donors (Lipinski definition) is 1. The lowest BCUT2D eigenvalue weighted by molar-refractivity contribution is -0.179. The van der Waals surface area contributed by atoms with Crippen molar-refractivity contribution in [3.05, 3.63) is 29.3 Å². The van der Waals surface area contributed by atoms with Crippen molar-refractivity contribution in [2.75, 3.05) is 18.0 Å². The van der Waals surface area contributed by atoms with Crippen LogP contribution in [0.1, 0.15) is 18.4 Å². The van der Waals surface area contributed by atoms with E-state index in [-0.39, 0.29) is 42.2 Å². The van der Waals surface area contributed by atoms with Crippen molar-refractivity contribution in [3.63, 3.8) is 0 Å². The number of rotatable bonds is 2. The Hall–Kier alpha value is -1.44. The second-order valence-corrected chi connectivity index (χ2v) is 5.40. The van der Waals surface area contributed by atoms with Crippen LogP contribution in [0.5, 0.6) is 0 Å². The molecule has 0 aromatic heterocycles. The van der Waals surface area contributed by atoms with Crippen LogP contribution in [0.15, 0.2) is 12.1 Å². The van der Waals surface area contributed by atoms with Gasteiger partial charge in [-0.3, -0.25) is 0 Å². The minimum Gasteiger partial charge on any atom is -0.389 e. The molecule has 1 saturated heterocycles. The highest BCUT2D eigenvalue weighted by Crippen LogP contribution is 2.36. The second kappa shape index (κ2) is 5.75. The van der Waals surface area contributed by atoms with E-state index in [2.05, 4.69) is 12.2 Å². The smallest absolute Gasteiger partial charge is 0.389 e. The van der Waals surface area contributed by atoms with Gasteiger partial charge in [0.25, 0.3) is 0 Å². The molecular weight excluding hydrogens is 311 g/mol. The third-order valence-electron chi connectivity index (χ3n) is 3.58. The van der Waals surface area contributed by atoms with Crippen molar-refractivity contribution in [2.24, 2.45) is 11.7 Å². The lowest BCUT2D eigenvalue weighted by atomic mass is 9.95. The summed E-state index contributed by atoms with van der Waals surface area (Å²) in [5.41, 5.74) is 5.03. The van der Waals surface area contributed by atoms with Gasteiger partial charge in [-0.25, -0.2) is 8.78 Å². The van der Waals surface area contributed by atoms with Crippen molar-refractivity contribution in [2.45, 2.75) is 19.0 Å². The van der Waals surface area contributed by atoms with Gasteiger partial charge >= 0.3 is 6.18 Å². The van der Waals surface area contributed by atoms with E-state index >= 15 is 0 Å². The molecule has 1 aromatic carbocycles. The zero-order valence-corrected chi connectivity index (χ0v) is 11.7. The van der Waals surface area contributed by atoms with Crippen LogP contribution in [0.3, 0.4) is 0 Å². The van der Waals surface area contributed by atoms with Crippen LogP contribution in [-0.2, 0) is 0 Å². The molecular formula is C13H13F5N2S. The molecule has 0 atom stereocenters. The van der Waals surface area contributed by atoms with Crippen molar-refractivity contribution in [1.29, 1.82) is 0 Å². The number of piperidine rings is 1. The van der Waals surface area contributed by atoms with Crippen LogP contribution in [0.2, 0.25) is 0 Å². The Labute approximate surface area is 123 Å². The minimum atomic E-state index is -4.27. The van der Waals surface area contributed by atoms with Crippen LogP contribution in [0, 0.1) is 17.6 Å². The Bertz CT molecular complexity index is 527. The summed E-state index contributed by atoms with van der Waals surface area (Å²) in [5, 5.41) is 0. The summed E-state index contributed by atoms with van der Waals surface area (Å²) in [6, 6.07) is 1.99.